The van der Waals surface area contributed by atoms with E-state index in [9.17, 15) is 9.59 Å². The Morgan fingerprint density at radius 2 is 2.14 bits per heavy atom. The van der Waals surface area contributed by atoms with Crippen molar-refractivity contribution >= 4 is 28.8 Å². The van der Waals surface area contributed by atoms with E-state index in [1.54, 1.807) is 11.8 Å². The Morgan fingerprint density at radius 1 is 1.38 bits per heavy atom. The Hall–Kier alpha value is -2.54. The number of amidine groups is 1. The molecule has 2 aliphatic rings. The zero-order valence-electron chi connectivity index (χ0n) is 16.8. The zero-order valence-corrected chi connectivity index (χ0v) is 17.7. The molecular formula is C22H26N2O4S. The maximum atomic E-state index is 12.8. The molecule has 0 spiro atoms. The first-order valence-corrected chi connectivity index (χ1v) is 10.8. The Balaban J connectivity index is 1.96. The van der Waals surface area contributed by atoms with Crippen molar-refractivity contribution in [2.24, 2.45) is 4.99 Å². The fraction of sp³-hybridized carbons (Fsp3) is 0.409. The molecule has 2 heterocycles. The number of benzene rings is 1. The van der Waals surface area contributed by atoms with Gasteiger partial charge in [-0.15, -0.1) is 0 Å². The summed E-state index contributed by atoms with van der Waals surface area (Å²) in [6, 6.07) is 6.98. The van der Waals surface area contributed by atoms with Crippen molar-refractivity contribution < 1.29 is 19.1 Å². The molecule has 1 aromatic rings. The highest BCUT2D eigenvalue weighted by Crippen LogP contribution is 2.40. The first-order valence-electron chi connectivity index (χ1n) is 9.82. The molecule has 0 saturated carbocycles. The molecule has 2 aliphatic heterocycles. The summed E-state index contributed by atoms with van der Waals surface area (Å²) in [5.41, 5.74) is 1.77. The number of hydrogen-bond donors (Lipinski definition) is 0. The highest BCUT2D eigenvalue weighted by molar-refractivity contribution is 8.14. The van der Waals surface area contributed by atoms with E-state index in [0.29, 0.717) is 35.2 Å². The van der Waals surface area contributed by atoms with Crippen molar-refractivity contribution in [1.29, 1.82) is 0 Å². The lowest BCUT2D eigenvalue weighted by molar-refractivity contribution is -0.139. The number of nitrogens with zero attached hydrogens (tertiary/aromatic N) is 2. The molecule has 1 fully saturated rings. The number of hydrogen-bond acceptors (Lipinski definition) is 6. The molecular weight excluding hydrogens is 388 g/mol. The highest BCUT2D eigenvalue weighted by atomic mass is 32.2. The van der Waals surface area contributed by atoms with Gasteiger partial charge in [-0.3, -0.25) is 9.69 Å². The number of carbonyl (C=O) groups is 2. The first kappa shape index (κ1) is 21.2. The molecule has 6 nitrogen and oxygen atoms in total. The molecule has 154 valence electrons. The fourth-order valence-electron chi connectivity index (χ4n) is 3.27. The largest absolute Gasteiger partial charge is 0.494 e. The van der Waals surface area contributed by atoms with Gasteiger partial charge in [0.15, 0.2) is 5.17 Å². The molecule has 1 amide bonds. The van der Waals surface area contributed by atoms with Crippen LogP contribution in [0.15, 0.2) is 53.2 Å². The van der Waals surface area contributed by atoms with Gasteiger partial charge in [-0.05, 0) is 31.0 Å². The van der Waals surface area contributed by atoms with E-state index in [-0.39, 0.29) is 12.5 Å². The van der Waals surface area contributed by atoms with E-state index in [1.165, 1.54) is 17.8 Å². The van der Waals surface area contributed by atoms with Crippen LogP contribution in [0.2, 0.25) is 0 Å². The van der Waals surface area contributed by atoms with Crippen LogP contribution in [0.1, 0.15) is 44.7 Å². The van der Waals surface area contributed by atoms with Crippen molar-refractivity contribution in [3.8, 4) is 5.75 Å². The molecule has 1 aromatic carbocycles. The van der Waals surface area contributed by atoms with Crippen LogP contribution >= 0.6 is 11.8 Å². The monoisotopic (exact) mass is 414 g/mol. The van der Waals surface area contributed by atoms with Gasteiger partial charge in [0.2, 0.25) is 5.91 Å². The average molecular weight is 415 g/mol. The van der Waals surface area contributed by atoms with Crippen LogP contribution in [0.3, 0.4) is 0 Å². The number of ether oxygens (including phenoxy) is 2. The molecule has 0 aromatic heterocycles. The van der Waals surface area contributed by atoms with Gasteiger partial charge in [0.05, 0.1) is 23.9 Å². The maximum absolute atomic E-state index is 12.8. The quantitative estimate of drug-likeness (QED) is 0.361. The van der Waals surface area contributed by atoms with E-state index in [0.717, 1.165) is 24.2 Å². The number of esters is 1. The number of unbranched alkanes of at least 4 members (excludes halogenated alkanes) is 1. The maximum Gasteiger partial charge on any atom is 0.338 e. The van der Waals surface area contributed by atoms with E-state index in [1.807, 2.05) is 24.3 Å². The third-order valence-corrected chi connectivity index (χ3v) is 5.68. The lowest BCUT2D eigenvalue weighted by atomic mass is 9.94. The van der Waals surface area contributed by atoms with Crippen LogP contribution in [0, 0.1) is 0 Å². The van der Waals surface area contributed by atoms with Gasteiger partial charge >= 0.3 is 5.97 Å². The summed E-state index contributed by atoms with van der Waals surface area (Å²) in [6.07, 6.45) is 3.99. The van der Waals surface area contributed by atoms with E-state index in [2.05, 4.69) is 18.5 Å². The number of amides is 1. The van der Waals surface area contributed by atoms with E-state index in [4.69, 9.17) is 9.47 Å². The first-order chi connectivity index (χ1) is 14.1. The summed E-state index contributed by atoms with van der Waals surface area (Å²) in [5.74, 6) is 0.927. The summed E-state index contributed by atoms with van der Waals surface area (Å²) >= 11 is 1.53. The number of carbonyl (C=O) groups excluding carboxylic acids is 2. The molecule has 1 saturated heterocycles. The number of fused-ring (bicyclic) bond motifs is 1. The van der Waals surface area contributed by atoms with Crippen LogP contribution in [-0.2, 0) is 14.3 Å². The molecule has 0 bridgehead atoms. The van der Waals surface area contributed by atoms with Gasteiger partial charge < -0.3 is 9.47 Å². The smallest absolute Gasteiger partial charge is 0.338 e. The van der Waals surface area contributed by atoms with Crippen LogP contribution in [0.4, 0.5) is 0 Å². The average Bonchev–Trinajstić information content (AvgIpc) is 2.72. The van der Waals surface area contributed by atoms with Gasteiger partial charge in [-0.2, -0.15) is 0 Å². The number of aliphatic imine (C=N–C) groups is 1. The van der Waals surface area contributed by atoms with Crippen molar-refractivity contribution in [1.82, 2.24) is 4.90 Å². The lowest BCUT2D eigenvalue weighted by Gasteiger charge is -2.38. The minimum absolute atomic E-state index is 0.0442. The summed E-state index contributed by atoms with van der Waals surface area (Å²) in [7, 11) is 0. The lowest BCUT2D eigenvalue weighted by Crippen LogP contribution is -2.45. The summed E-state index contributed by atoms with van der Waals surface area (Å²) in [5, 5.41) is 0.632. The van der Waals surface area contributed by atoms with Crippen LogP contribution in [0.25, 0.3) is 0 Å². The fourth-order valence-corrected chi connectivity index (χ4v) is 4.27. The predicted octanol–water partition coefficient (Wildman–Crippen LogP) is 4.24. The van der Waals surface area contributed by atoms with Crippen LogP contribution < -0.4 is 4.74 Å². The Labute approximate surface area is 175 Å². The van der Waals surface area contributed by atoms with Crippen molar-refractivity contribution in [3.05, 3.63) is 53.8 Å². The SMILES string of the molecule is C=CCOC(=O)C1=C(C)N=C2SCCC(=O)N2[C@@H]1c1ccc(OCCCC)cc1. The Kier molecular flexibility index (Phi) is 7.14. The zero-order chi connectivity index (χ0) is 20.8. The van der Waals surface area contributed by atoms with Gasteiger partial charge in [0.25, 0.3) is 0 Å². The molecule has 0 unspecified atom stereocenters. The number of allylic oxidation sites excluding steroid dienone is 1. The van der Waals surface area contributed by atoms with Crippen molar-refractivity contribution in [2.75, 3.05) is 19.0 Å². The third-order valence-electron chi connectivity index (χ3n) is 4.72. The van der Waals surface area contributed by atoms with Gasteiger partial charge in [0, 0.05) is 12.2 Å². The number of thioether (sulfide) groups is 1. The second-order valence-electron chi connectivity index (χ2n) is 6.82. The third kappa shape index (κ3) is 4.72. The molecule has 0 radical (unpaired) electrons. The normalized spacial score (nSPS) is 18.8. The molecule has 1 atom stereocenters. The van der Waals surface area contributed by atoms with Crippen LogP contribution in [-0.4, -0.2) is 40.9 Å². The van der Waals surface area contributed by atoms with Gasteiger partial charge in [-0.25, -0.2) is 9.79 Å². The number of rotatable bonds is 8. The molecule has 0 N–H and O–H groups in total. The highest BCUT2D eigenvalue weighted by Gasteiger charge is 2.41. The van der Waals surface area contributed by atoms with Crippen LogP contribution in [0.5, 0.6) is 5.75 Å². The molecule has 0 aliphatic carbocycles. The molecule has 3 rings (SSSR count). The second kappa shape index (κ2) is 9.78. The summed E-state index contributed by atoms with van der Waals surface area (Å²) < 4.78 is 11.0. The minimum atomic E-state index is -0.565. The Morgan fingerprint density at radius 3 is 2.83 bits per heavy atom. The topological polar surface area (TPSA) is 68.2 Å². The van der Waals surface area contributed by atoms with Crippen molar-refractivity contribution in [2.45, 2.75) is 39.2 Å². The van der Waals surface area contributed by atoms with Gasteiger partial charge in [-0.1, -0.05) is 49.9 Å². The standard InChI is InChI=1S/C22H26N2O4S/c1-4-6-13-27-17-9-7-16(8-10-17)20-19(21(26)28-12-5-2)15(3)23-22-24(20)18(25)11-14-29-22/h5,7-10,20H,2,4,6,11-14H2,1,3H3/t20-/m1/s1. The Bertz CT molecular complexity index is 845. The van der Waals surface area contributed by atoms with Gasteiger partial charge in [0.1, 0.15) is 12.4 Å². The molecule has 29 heavy (non-hydrogen) atoms. The van der Waals surface area contributed by atoms with E-state index < -0.39 is 12.0 Å². The molecule has 7 heteroatoms. The predicted molar refractivity (Wildman–Crippen MR) is 115 cm³/mol. The minimum Gasteiger partial charge on any atom is -0.494 e. The summed E-state index contributed by atoms with van der Waals surface area (Å²) in [4.78, 5) is 31.7. The van der Waals surface area contributed by atoms with E-state index >= 15 is 0 Å². The summed E-state index contributed by atoms with van der Waals surface area (Å²) in [6.45, 7) is 8.25. The van der Waals surface area contributed by atoms with Crippen molar-refractivity contribution in [3.63, 3.8) is 0 Å². The second-order valence-corrected chi connectivity index (χ2v) is 7.88.